The fraction of sp³-hybridized carbons (Fsp3) is 0.579. The molecule has 0 aliphatic heterocycles. The molecule has 4 aliphatic rings. The third kappa shape index (κ3) is 2.76. The van der Waals surface area contributed by atoms with Crippen LogP contribution >= 0.6 is 11.3 Å². The van der Waals surface area contributed by atoms with E-state index in [1.54, 1.807) is 18.2 Å². The van der Waals surface area contributed by atoms with Gasteiger partial charge in [-0.05, 0) is 74.0 Å². The summed E-state index contributed by atoms with van der Waals surface area (Å²) in [4.78, 5) is 17.7. The summed E-state index contributed by atoms with van der Waals surface area (Å²) in [6, 6.07) is 4.92. The van der Waals surface area contributed by atoms with Gasteiger partial charge in [-0.15, -0.1) is 0 Å². The maximum atomic E-state index is 13.0. The van der Waals surface area contributed by atoms with Gasteiger partial charge in [-0.1, -0.05) is 11.3 Å². The van der Waals surface area contributed by atoms with E-state index < -0.39 is 9.84 Å². The van der Waals surface area contributed by atoms with Crippen molar-refractivity contribution in [3.05, 3.63) is 18.2 Å². The first-order chi connectivity index (χ1) is 12.4. The molecule has 1 aromatic heterocycles. The second kappa shape index (κ2) is 5.76. The van der Waals surface area contributed by atoms with Crippen LogP contribution in [0.25, 0.3) is 10.2 Å². The molecule has 0 atom stereocenters. The van der Waals surface area contributed by atoms with Crippen molar-refractivity contribution in [2.24, 2.45) is 29.6 Å². The van der Waals surface area contributed by atoms with Gasteiger partial charge < -0.3 is 5.32 Å². The van der Waals surface area contributed by atoms with Gasteiger partial charge in [0.25, 0.3) is 0 Å². The largest absolute Gasteiger partial charge is 0.302 e. The van der Waals surface area contributed by atoms with Crippen molar-refractivity contribution in [2.45, 2.75) is 37.0 Å². The number of aromatic nitrogens is 1. The number of sulfone groups is 1. The Morgan fingerprint density at radius 2 is 1.77 bits per heavy atom. The van der Waals surface area contributed by atoms with Crippen molar-refractivity contribution in [1.82, 2.24) is 4.98 Å². The van der Waals surface area contributed by atoms with E-state index in [9.17, 15) is 13.2 Å². The van der Waals surface area contributed by atoms with Crippen LogP contribution in [-0.4, -0.2) is 25.6 Å². The molecule has 4 bridgehead atoms. The first-order valence-corrected chi connectivity index (χ1v) is 12.0. The van der Waals surface area contributed by atoms with Crippen molar-refractivity contribution in [1.29, 1.82) is 0 Å². The van der Waals surface area contributed by atoms with Gasteiger partial charge in [-0.3, -0.25) is 4.79 Å². The summed E-state index contributed by atoms with van der Waals surface area (Å²) < 4.78 is 24.2. The predicted octanol–water partition coefficient (Wildman–Crippen LogP) is 3.71. The lowest BCUT2D eigenvalue weighted by atomic mass is 9.51. The van der Waals surface area contributed by atoms with Crippen LogP contribution in [0, 0.1) is 29.6 Å². The quantitative estimate of drug-likeness (QED) is 0.867. The Bertz CT molecular complexity index is 967. The van der Waals surface area contributed by atoms with E-state index in [0.29, 0.717) is 17.0 Å². The minimum absolute atomic E-state index is 0.112. The molecule has 1 heterocycles. The van der Waals surface area contributed by atoms with Crippen molar-refractivity contribution in [3.63, 3.8) is 0 Å². The molecule has 7 heteroatoms. The third-order valence-corrected chi connectivity index (χ3v) is 8.59. The molecule has 1 aromatic carbocycles. The Balaban J connectivity index is 1.38. The van der Waals surface area contributed by atoms with Crippen molar-refractivity contribution in [3.8, 4) is 0 Å². The number of thiazole rings is 1. The second-order valence-corrected chi connectivity index (χ2v) is 11.4. The van der Waals surface area contributed by atoms with Crippen molar-refractivity contribution >= 4 is 42.4 Å². The van der Waals surface area contributed by atoms with E-state index >= 15 is 0 Å². The molecule has 1 amide bonds. The Labute approximate surface area is 157 Å². The van der Waals surface area contributed by atoms with E-state index in [0.717, 1.165) is 22.1 Å². The summed E-state index contributed by atoms with van der Waals surface area (Å²) in [7, 11) is -3.25. The second-order valence-electron chi connectivity index (χ2n) is 8.37. The number of carbonyl (C=O) groups is 1. The summed E-state index contributed by atoms with van der Waals surface area (Å²) in [6.07, 6.45) is 7.42. The molecule has 4 fully saturated rings. The fourth-order valence-corrected chi connectivity index (χ4v) is 7.36. The highest BCUT2D eigenvalue weighted by molar-refractivity contribution is 7.90. The molecule has 1 N–H and O–H groups in total. The molecule has 26 heavy (non-hydrogen) atoms. The van der Waals surface area contributed by atoms with Gasteiger partial charge in [0.1, 0.15) is 0 Å². The third-order valence-electron chi connectivity index (χ3n) is 6.55. The fourth-order valence-electron chi connectivity index (χ4n) is 5.73. The first-order valence-electron chi connectivity index (χ1n) is 9.28. The Morgan fingerprint density at radius 1 is 1.12 bits per heavy atom. The van der Waals surface area contributed by atoms with Gasteiger partial charge in [-0.25, -0.2) is 13.4 Å². The van der Waals surface area contributed by atoms with Crippen LogP contribution in [0.15, 0.2) is 23.1 Å². The summed E-state index contributed by atoms with van der Waals surface area (Å²) in [5.41, 5.74) is 0.725. The Kier molecular flexibility index (Phi) is 3.70. The molecule has 6 rings (SSSR count). The van der Waals surface area contributed by atoms with Gasteiger partial charge >= 0.3 is 0 Å². The zero-order valence-corrected chi connectivity index (χ0v) is 16.3. The smallest absolute Gasteiger partial charge is 0.229 e. The molecule has 4 saturated carbocycles. The Morgan fingerprint density at radius 3 is 2.38 bits per heavy atom. The van der Waals surface area contributed by atoms with E-state index in [1.807, 2.05) is 0 Å². The van der Waals surface area contributed by atoms with Crippen LogP contribution in [0.4, 0.5) is 5.13 Å². The first kappa shape index (κ1) is 16.7. The number of fused-ring (bicyclic) bond motifs is 1. The number of carbonyl (C=O) groups excluding carboxylic acids is 1. The van der Waals surface area contributed by atoms with Crippen LogP contribution in [-0.2, 0) is 14.6 Å². The van der Waals surface area contributed by atoms with Crippen LogP contribution in [0.2, 0.25) is 0 Å². The van der Waals surface area contributed by atoms with Crippen LogP contribution in [0.3, 0.4) is 0 Å². The average Bonchev–Trinajstić information content (AvgIpc) is 2.94. The number of benzene rings is 1. The zero-order valence-electron chi connectivity index (χ0n) is 14.6. The highest BCUT2D eigenvalue weighted by atomic mass is 32.2. The summed E-state index contributed by atoms with van der Waals surface area (Å²) in [5, 5.41) is 3.61. The zero-order chi connectivity index (χ0) is 18.1. The topological polar surface area (TPSA) is 76.1 Å². The molecular weight excluding hydrogens is 368 g/mol. The van der Waals surface area contributed by atoms with Crippen molar-refractivity contribution in [2.75, 3.05) is 11.6 Å². The highest BCUT2D eigenvalue weighted by Gasteiger charge is 2.50. The van der Waals surface area contributed by atoms with Crippen molar-refractivity contribution < 1.29 is 13.2 Å². The molecule has 2 aromatic rings. The lowest BCUT2D eigenvalue weighted by molar-refractivity contribution is -0.132. The van der Waals surface area contributed by atoms with Gasteiger partial charge in [-0.2, -0.15) is 0 Å². The number of hydrogen-bond donors (Lipinski definition) is 1. The number of anilines is 1. The predicted molar refractivity (Wildman–Crippen MR) is 102 cm³/mol. The van der Waals surface area contributed by atoms with E-state index in [4.69, 9.17) is 0 Å². The van der Waals surface area contributed by atoms with Crippen LogP contribution in [0.5, 0.6) is 0 Å². The summed E-state index contributed by atoms with van der Waals surface area (Å²) in [5.74, 6) is 3.01. The monoisotopic (exact) mass is 390 g/mol. The number of hydrogen-bond acceptors (Lipinski definition) is 5. The van der Waals surface area contributed by atoms with Crippen LogP contribution in [0.1, 0.15) is 32.1 Å². The standard InChI is InChI=1S/C19H22N2O3S2/c1-26(23,24)14-2-3-15-16(9-14)25-19(20-15)21-18(22)17-12-5-10-4-11(7-12)8-13(17)6-10/h2-3,9-13,17H,4-8H2,1H3,(H,20,21,22). The van der Waals surface area contributed by atoms with Gasteiger partial charge in [0.15, 0.2) is 15.0 Å². The van der Waals surface area contributed by atoms with Crippen LogP contribution < -0.4 is 5.32 Å². The van der Waals surface area contributed by atoms with Gasteiger partial charge in [0, 0.05) is 12.2 Å². The molecule has 4 aliphatic carbocycles. The molecule has 0 saturated heterocycles. The lowest BCUT2D eigenvalue weighted by Gasteiger charge is -2.53. The van der Waals surface area contributed by atoms with E-state index in [2.05, 4.69) is 10.3 Å². The number of nitrogens with one attached hydrogen (secondary N) is 1. The molecule has 0 radical (unpaired) electrons. The van der Waals surface area contributed by atoms with Gasteiger partial charge in [0.05, 0.1) is 15.1 Å². The van der Waals surface area contributed by atoms with Gasteiger partial charge in [0.2, 0.25) is 5.91 Å². The maximum absolute atomic E-state index is 13.0. The Hall–Kier alpha value is -1.47. The molecular formula is C19H22N2O3S2. The average molecular weight is 391 g/mol. The molecule has 5 nitrogen and oxygen atoms in total. The normalized spacial score (nSPS) is 32.9. The molecule has 138 valence electrons. The number of rotatable bonds is 3. The summed E-state index contributed by atoms with van der Waals surface area (Å²) in [6.45, 7) is 0. The summed E-state index contributed by atoms with van der Waals surface area (Å²) >= 11 is 1.35. The van der Waals surface area contributed by atoms with E-state index in [1.165, 1.54) is 49.7 Å². The van der Waals surface area contributed by atoms with E-state index in [-0.39, 0.29) is 16.7 Å². The lowest BCUT2D eigenvalue weighted by Crippen LogP contribution is -2.49. The minimum atomic E-state index is -3.25. The number of nitrogens with zero attached hydrogens (tertiary/aromatic N) is 1. The minimum Gasteiger partial charge on any atom is -0.302 e. The number of amides is 1. The molecule has 0 unspecified atom stereocenters. The molecule has 0 spiro atoms. The SMILES string of the molecule is CS(=O)(=O)c1ccc2nc(NC(=O)C3C4CC5CC(C4)CC3C5)sc2c1. The highest BCUT2D eigenvalue weighted by Crippen LogP contribution is 2.56. The maximum Gasteiger partial charge on any atom is 0.229 e.